The van der Waals surface area contributed by atoms with Gasteiger partial charge in [-0.25, -0.2) is 4.79 Å². The summed E-state index contributed by atoms with van der Waals surface area (Å²) < 4.78 is 42.7. The van der Waals surface area contributed by atoms with Crippen LogP contribution in [0.1, 0.15) is 28.4 Å². The van der Waals surface area contributed by atoms with Gasteiger partial charge < -0.3 is 4.74 Å². The minimum absolute atomic E-state index is 0.0549. The molecular weight excluding hydrogens is 267 g/mol. The number of hydrogen-bond acceptors (Lipinski definition) is 4. The van der Waals surface area contributed by atoms with Gasteiger partial charge in [-0.15, -0.1) is 12.6 Å². The molecule has 0 saturated carbocycles. The molecule has 0 N–H and O–H groups in total. The van der Waals surface area contributed by atoms with E-state index in [-0.39, 0.29) is 17.1 Å². The number of nitrogens with zero attached hydrogens (tertiary/aromatic N) is 1. The van der Waals surface area contributed by atoms with Gasteiger partial charge in [-0.1, -0.05) is 0 Å². The third-order valence-corrected chi connectivity index (χ3v) is 2.43. The topological polar surface area (TPSA) is 50.1 Å². The van der Waals surface area contributed by atoms with Crippen molar-refractivity contribution in [1.29, 1.82) is 5.26 Å². The van der Waals surface area contributed by atoms with Crippen molar-refractivity contribution in [3.05, 3.63) is 28.8 Å². The summed E-state index contributed by atoms with van der Waals surface area (Å²) in [5, 5.41) is 8.72. The van der Waals surface area contributed by atoms with Crippen molar-refractivity contribution >= 4 is 18.6 Å². The summed E-state index contributed by atoms with van der Waals surface area (Å²) in [5.41, 5.74) is -1.96. The van der Waals surface area contributed by atoms with Gasteiger partial charge in [0.1, 0.15) is 6.07 Å². The predicted molar refractivity (Wildman–Crippen MR) is 59.4 cm³/mol. The Balaban J connectivity index is 3.46. The fourth-order valence-electron chi connectivity index (χ4n) is 1.29. The highest BCUT2D eigenvalue weighted by Gasteiger charge is 2.36. The molecule has 96 valence electrons. The van der Waals surface area contributed by atoms with Crippen LogP contribution in [0.3, 0.4) is 0 Å². The number of hydrogen-bond donors (Lipinski definition) is 1. The number of halogens is 3. The Kier molecular flexibility index (Phi) is 4.24. The zero-order valence-electron chi connectivity index (χ0n) is 9.21. The molecule has 1 aromatic rings. The number of ether oxygens (including phenoxy) is 1. The van der Waals surface area contributed by atoms with E-state index in [4.69, 9.17) is 5.26 Å². The molecule has 0 aromatic heterocycles. The van der Waals surface area contributed by atoms with E-state index in [9.17, 15) is 18.0 Å². The van der Waals surface area contributed by atoms with E-state index in [1.807, 2.05) is 0 Å². The molecule has 0 aliphatic rings. The van der Waals surface area contributed by atoms with Crippen LogP contribution < -0.4 is 0 Å². The number of nitriles is 1. The molecule has 0 spiro atoms. The highest BCUT2D eigenvalue weighted by molar-refractivity contribution is 7.80. The SMILES string of the molecule is CCOC(=O)c1cc(C#N)c(S)cc1C(F)(F)F. The minimum atomic E-state index is -4.71. The van der Waals surface area contributed by atoms with Crippen LogP contribution in [-0.4, -0.2) is 12.6 Å². The lowest BCUT2D eigenvalue weighted by Gasteiger charge is -2.13. The fraction of sp³-hybridized carbons (Fsp3) is 0.273. The summed E-state index contributed by atoms with van der Waals surface area (Å²) in [5.74, 6) is -1.12. The molecule has 0 atom stereocenters. The largest absolute Gasteiger partial charge is 0.462 e. The van der Waals surface area contributed by atoms with Gasteiger partial charge in [-0.05, 0) is 19.1 Å². The smallest absolute Gasteiger partial charge is 0.417 e. The maximum atomic E-state index is 12.7. The zero-order valence-corrected chi connectivity index (χ0v) is 10.1. The number of benzene rings is 1. The number of esters is 1. The van der Waals surface area contributed by atoms with Gasteiger partial charge in [0, 0.05) is 4.90 Å². The summed E-state index contributed by atoms with van der Waals surface area (Å²) in [6, 6.07) is 3.14. The maximum Gasteiger partial charge on any atom is 0.417 e. The number of carbonyl (C=O) groups is 1. The lowest BCUT2D eigenvalue weighted by Crippen LogP contribution is -2.15. The third kappa shape index (κ3) is 2.96. The molecule has 18 heavy (non-hydrogen) atoms. The normalized spacial score (nSPS) is 10.9. The molecular formula is C11H8F3NO2S. The van der Waals surface area contributed by atoms with Crippen molar-refractivity contribution in [3.8, 4) is 6.07 Å². The molecule has 0 heterocycles. The highest BCUT2D eigenvalue weighted by Crippen LogP contribution is 2.35. The van der Waals surface area contributed by atoms with Crippen LogP contribution in [-0.2, 0) is 10.9 Å². The molecule has 0 unspecified atom stereocenters. The first-order chi connectivity index (χ1) is 8.31. The van der Waals surface area contributed by atoms with Crippen LogP contribution in [0.25, 0.3) is 0 Å². The van der Waals surface area contributed by atoms with Crippen molar-refractivity contribution in [2.24, 2.45) is 0 Å². The Bertz CT molecular complexity index is 520. The van der Waals surface area contributed by atoms with Gasteiger partial charge in [0.15, 0.2) is 0 Å². The van der Waals surface area contributed by atoms with Gasteiger partial charge in [0.05, 0.1) is 23.3 Å². The standard InChI is InChI=1S/C11H8F3NO2S/c1-2-17-10(16)7-3-6(5-15)9(18)4-8(7)11(12,13)14/h3-4,18H,2H2,1H3. The molecule has 7 heteroatoms. The van der Waals surface area contributed by atoms with Crippen LogP contribution >= 0.6 is 12.6 Å². The summed E-state index contributed by atoms with van der Waals surface area (Å²) in [6.45, 7) is 1.42. The molecule has 0 aliphatic heterocycles. The van der Waals surface area contributed by atoms with Crippen LogP contribution in [0.5, 0.6) is 0 Å². The Morgan fingerprint density at radius 2 is 2.11 bits per heavy atom. The van der Waals surface area contributed by atoms with Crippen LogP contribution in [0, 0.1) is 11.3 Å². The Labute approximate surface area is 107 Å². The summed E-state index contributed by atoms with van der Waals surface area (Å²) in [6.07, 6.45) is -4.71. The van der Waals surface area contributed by atoms with Crippen LogP contribution in [0.4, 0.5) is 13.2 Å². The highest BCUT2D eigenvalue weighted by atomic mass is 32.1. The number of alkyl halides is 3. The van der Waals surface area contributed by atoms with Gasteiger partial charge in [-0.2, -0.15) is 18.4 Å². The van der Waals surface area contributed by atoms with Crippen LogP contribution in [0.2, 0.25) is 0 Å². The van der Waals surface area contributed by atoms with Crippen molar-refractivity contribution in [1.82, 2.24) is 0 Å². The molecule has 1 rings (SSSR count). The fourth-order valence-corrected chi connectivity index (χ4v) is 1.53. The molecule has 0 amide bonds. The van der Waals surface area contributed by atoms with E-state index in [1.54, 1.807) is 6.07 Å². The summed E-state index contributed by atoms with van der Waals surface area (Å²) >= 11 is 3.77. The second-order valence-electron chi connectivity index (χ2n) is 3.24. The van der Waals surface area contributed by atoms with Gasteiger partial charge >= 0.3 is 12.1 Å². The minimum Gasteiger partial charge on any atom is -0.462 e. The molecule has 0 radical (unpaired) electrons. The van der Waals surface area contributed by atoms with Gasteiger partial charge in [0.25, 0.3) is 0 Å². The monoisotopic (exact) mass is 275 g/mol. The number of carbonyl (C=O) groups excluding carboxylic acids is 1. The van der Waals surface area contributed by atoms with Crippen molar-refractivity contribution in [3.63, 3.8) is 0 Å². The second kappa shape index (κ2) is 5.31. The average molecular weight is 275 g/mol. The molecule has 0 saturated heterocycles. The molecule has 0 fully saturated rings. The van der Waals surface area contributed by atoms with E-state index in [0.717, 1.165) is 6.07 Å². The molecule has 3 nitrogen and oxygen atoms in total. The second-order valence-corrected chi connectivity index (χ2v) is 3.73. The predicted octanol–water partition coefficient (Wildman–Crippen LogP) is 3.04. The van der Waals surface area contributed by atoms with Crippen LogP contribution in [0.15, 0.2) is 17.0 Å². The maximum absolute atomic E-state index is 12.7. The van der Waals surface area contributed by atoms with E-state index in [0.29, 0.717) is 6.07 Å². The number of rotatable bonds is 2. The number of thiol groups is 1. The quantitative estimate of drug-likeness (QED) is 0.666. The lowest BCUT2D eigenvalue weighted by atomic mass is 10.0. The van der Waals surface area contributed by atoms with Crippen molar-refractivity contribution in [2.45, 2.75) is 18.0 Å². The Morgan fingerprint density at radius 3 is 2.56 bits per heavy atom. The first kappa shape index (κ1) is 14.4. The molecule has 0 bridgehead atoms. The van der Waals surface area contributed by atoms with E-state index in [1.165, 1.54) is 6.92 Å². The lowest BCUT2D eigenvalue weighted by molar-refractivity contribution is -0.138. The van der Waals surface area contributed by atoms with E-state index in [2.05, 4.69) is 17.4 Å². The van der Waals surface area contributed by atoms with E-state index >= 15 is 0 Å². The Morgan fingerprint density at radius 1 is 1.50 bits per heavy atom. The van der Waals surface area contributed by atoms with Crippen molar-refractivity contribution in [2.75, 3.05) is 6.61 Å². The van der Waals surface area contributed by atoms with Gasteiger partial charge in [0.2, 0.25) is 0 Å². The molecule has 0 aliphatic carbocycles. The Hall–Kier alpha value is -1.68. The summed E-state index contributed by atoms with van der Waals surface area (Å²) in [7, 11) is 0. The van der Waals surface area contributed by atoms with Crippen molar-refractivity contribution < 1.29 is 22.7 Å². The van der Waals surface area contributed by atoms with E-state index < -0.39 is 23.3 Å². The first-order valence-corrected chi connectivity index (χ1v) is 5.27. The van der Waals surface area contributed by atoms with Gasteiger partial charge in [-0.3, -0.25) is 0 Å². The zero-order chi connectivity index (χ0) is 13.9. The molecule has 1 aromatic carbocycles. The summed E-state index contributed by atoms with van der Waals surface area (Å²) in [4.78, 5) is 11.3. The third-order valence-electron chi connectivity index (χ3n) is 2.06. The average Bonchev–Trinajstić information content (AvgIpc) is 2.27. The first-order valence-electron chi connectivity index (χ1n) is 4.82.